The van der Waals surface area contributed by atoms with Crippen molar-refractivity contribution in [2.24, 2.45) is 0 Å². The molecule has 1 aromatic carbocycles. The number of nitrogens with zero attached hydrogens (tertiary/aromatic N) is 1. The molecule has 0 aliphatic carbocycles. The number of benzene rings is 1. The van der Waals surface area contributed by atoms with Gasteiger partial charge in [-0.15, -0.1) is 0 Å². The molecule has 1 heterocycles. The van der Waals surface area contributed by atoms with Crippen LogP contribution in [0.1, 0.15) is 26.3 Å². The van der Waals surface area contributed by atoms with E-state index >= 15 is 0 Å². The first-order chi connectivity index (χ1) is 9.29. The highest BCUT2D eigenvalue weighted by molar-refractivity contribution is 6.04. The van der Waals surface area contributed by atoms with E-state index < -0.39 is 17.7 Å². The standard InChI is InChI=1S/C15H17NO4/c1-15(2,3)20-14(19)16-9-11(12(16)13(17)18)10-7-5-4-6-8-10/h4-8H,9H2,1-3H3,(H,17,18). The van der Waals surface area contributed by atoms with Gasteiger partial charge in [0.1, 0.15) is 11.3 Å². The lowest BCUT2D eigenvalue weighted by molar-refractivity contribution is -0.134. The highest BCUT2D eigenvalue weighted by Crippen LogP contribution is 2.33. The van der Waals surface area contributed by atoms with Crippen LogP contribution in [0.5, 0.6) is 0 Å². The van der Waals surface area contributed by atoms with Gasteiger partial charge in [-0.1, -0.05) is 30.3 Å². The third-order valence-corrected chi connectivity index (χ3v) is 2.81. The van der Waals surface area contributed by atoms with Crippen LogP contribution in [0.2, 0.25) is 0 Å². The SMILES string of the molecule is CC(C)(C)OC(=O)N1CC(c2ccccc2)=C1C(=O)O. The van der Waals surface area contributed by atoms with E-state index in [1.807, 2.05) is 30.3 Å². The lowest BCUT2D eigenvalue weighted by Crippen LogP contribution is -2.45. The van der Waals surface area contributed by atoms with E-state index in [1.54, 1.807) is 20.8 Å². The van der Waals surface area contributed by atoms with Crippen LogP contribution in [0.3, 0.4) is 0 Å². The molecule has 1 N–H and O–H groups in total. The maximum atomic E-state index is 11.9. The molecule has 0 fully saturated rings. The molecule has 0 saturated heterocycles. The molecule has 0 atom stereocenters. The predicted molar refractivity (Wildman–Crippen MR) is 73.9 cm³/mol. The maximum Gasteiger partial charge on any atom is 0.415 e. The van der Waals surface area contributed by atoms with E-state index in [2.05, 4.69) is 0 Å². The van der Waals surface area contributed by atoms with E-state index in [0.29, 0.717) is 5.57 Å². The van der Waals surface area contributed by atoms with Crippen molar-refractivity contribution in [3.63, 3.8) is 0 Å². The number of carboxylic acids is 1. The fraction of sp³-hybridized carbons (Fsp3) is 0.333. The number of ether oxygens (including phenoxy) is 1. The topological polar surface area (TPSA) is 66.8 Å². The second-order valence-corrected chi connectivity index (χ2v) is 5.56. The number of amides is 1. The molecule has 0 radical (unpaired) electrons. The zero-order chi connectivity index (χ0) is 14.9. The van der Waals surface area contributed by atoms with Gasteiger partial charge in [0.2, 0.25) is 0 Å². The van der Waals surface area contributed by atoms with Crippen molar-refractivity contribution in [2.45, 2.75) is 26.4 Å². The average Bonchev–Trinajstić information content (AvgIpc) is 2.25. The van der Waals surface area contributed by atoms with Crippen molar-refractivity contribution in [2.75, 3.05) is 6.54 Å². The molecule has 106 valence electrons. The van der Waals surface area contributed by atoms with E-state index in [-0.39, 0.29) is 12.2 Å². The Morgan fingerprint density at radius 1 is 1.20 bits per heavy atom. The molecule has 0 bridgehead atoms. The normalized spacial score (nSPS) is 14.8. The summed E-state index contributed by atoms with van der Waals surface area (Å²) in [5.74, 6) is -1.12. The Morgan fingerprint density at radius 3 is 2.30 bits per heavy atom. The zero-order valence-electron chi connectivity index (χ0n) is 11.7. The van der Waals surface area contributed by atoms with Crippen molar-refractivity contribution in [1.82, 2.24) is 4.90 Å². The summed E-state index contributed by atoms with van der Waals surface area (Å²) in [7, 11) is 0. The summed E-state index contributed by atoms with van der Waals surface area (Å²) >= 11 is 0. The Balaban J connectivity index is 2.27. The van der Waals surface area contributed by atoms with Crippen LogP contribution < -0.4 is 0 Å². The third-order valence-electron chi connectivity index (χ3n) is 2.81. The minimum absolute atomic E-state index is 0.00884. The number of carbonyl (C=O) groups excluding carboxylic acids is 1. The van der Waals surface area contributed by atoms with Crippen molar-refractivity contribution in [1.29, 1.82) is 0 Å². The van der Waals surface area contributed by atoms with Gasteiger partial charge in [-0.05, 0) is 26.3 Å². The number of hydrogen-bond donors (Lipinski definition) is 1. The van der Waals surface area contributed by atoms with Crippen molar-refractivity contribution in [3.05, 3.63) is 41.6 Å². The van der Waals surface area contributed by atoms with Gasteiger partial charge in [-0.2, -0.15) is 0 Å². The van der Waals surface area contributed by atoms with Crippen LogP contribution in [0, 0.1) is 0 Å². The van der Waals surface area contributed by atoms with Crippen LogP contribution in [0.25, 0.3) is 5.57 Å². The van der Waals surface area contributed by atoms with Gasteiger partial charge in [0.15, 0.2) is 0 Å². The molecule has 1 aliphatic heterocycles. The summed E-state index contributed by atoms with van der Waals surface area (Å²) in [5, 5.41) is 9.28. The Labute approximate surface area is 117 Å². The monoisotopic (exact) mass is 275 g/mol. The van der Waals surface area contributed by atoms with Crippen molar-refractivity contribution >= 4 is 17.6 Å². The van der Waals surface area contributed by atoms with E-state index in [4.69, 9.17) is 4.74 Å². The maximum absolute atomic E-state index is 11.9. The number of carboxylic acid groups (broad SMARTS) is 1. The van der Waals surface area contributed by atoms with Crippen LogP contribution in [-0.4, -0.2) is 34.2 Å². The van der Waals surface area contributed by atoms with E-state index in [1.165, 1.54) is 0 Å². The molecule has 0 aromatic heterocycles. The van der Waals surface area contributed by atoms with Crippen molar-refractivity contribution in [3.8, 4) is 0 Å². The Morgan fingerprint density at radius 2 is 1.80 bits per heavy atom. The quantitative estimate of drug-likeness (QED) is 0.901. The molecular weight excluding hydrogens is 258 g/mol. The first-order valence-electron chi connectivity index (χ1n) is 6.32. The van der Waals surface area contributed by atoms with Gasteiger partial charge in [-0.25, -0.2) is 9.59 Å². The number of hydrogen-bond acceptors (Lipinski definition) is 3. The van der Waals surface area contributed by atoms with Gasteiger partial charge in [0.05, 0.1) is 6.54 Å². The Kier molecular flexibility index (Phi) is 3.53. The fourth-order valence-corrected chi connectivity index (χ4v) is 1.97. The second kappa shape index (κ2) is 5.00. The minimum atomic E-state index is -1.12. The largest absolute Gasteiger partial charge is 0.477 e. The summed E-state index contributed by atoms with van der Waals surface area (Å²) in [5.41, 5.74) is 0.794. The fourth-order valence-electron chi connectivity index (χ4n) is 1.97. The number of carbonyl (C=O) groups is 2. The molecule has 0 spiro atoms. The Bertz CT molecular complexity index is 569. The van der Waals surface area contributed by atoms with Gasteiger partial charge >= 0.3 is 12.1 Å². The van der Waals surface area contributed by atoms with Crippen LogP contribution in [0.4, 0.5) is 4.79 Å². The summed E-state index contributed by atoms with van der Waals surface area (Å²) in [4.78, 5) is 24.4. The molecular formula is C15H17NO4. The first-order valence-corrected chi connectivity index (χ1v) is 6.32. The van der Waals surface area contributed by atoms with Crippen LogP contribution >= 0.6 is 0 Å². The number of rotatable bonds is 2. The highest BCUT2D eigenvalue weighted by Gasteiger charge is 2.38. The molecule has 1 aliphatic rings. The summed E-state index contributed by atoms with van der Waals surface area (Å²) in [6.07, 6.45) is -0.630. The molecule has 1 aromatic rings. The van der Waals surface area contributed by atoms with Gasteiger partial charge in [0, 0.05) is 5.57 Å². The molecule has 5 heteroatoms. The first kappa shape index (κ1) is 14.1. The molecule has 20 heavy (non-hydrogen) atoms. The van der Waals surface area contributed by atoms with E-state index in [9.17, 15) is 14.7 Å². The van der Waals surface area contributed by atoms with Crippen molar-refractivity contribution < 1.29 is 19.4 Å². The highest BCUT2D eigenvalue weighted by atomic mass is 16.6. The minimum Gasteiger partial charge on any atom is -0.477 e. The third kappa shape index (κ3) is 2.82. The molecule has 0 saturated carbocycles. The summed E-state index contributed by atoms with van der Waals surface area (Å²) in [6.45, 7) is 5.48. The second-order valence-electron chi connectivity index (χ2n) is 5.56. The molecule has 2 rings (SSSR count). The summed E-state index contributed by atoms with van der Waals surface area (Å²) in [6, 6.07) is 9.17. The molecule has 0 unspecified atom stereocenters. The number of aliphatic carboxylic acids is 1. The van der Waals surface area contributed by atoms with E-state index in [0.717, 1.165) is 10.5 Å². The lowest BCUT2D eigenvalue weighted by atomic mass is 9.96. The Hall–Kier alpha value is -2.30. The van der Waals surface area contributed by atoms with Gasteiger partial charge in [-0.3, -0.25) is 4.90 Å². The predicted octanol–water partition coefficient (Wildman–Crippen LogP) is 2.73. The van der Waals surface area contributed by atoms with Gasteiger partial charge in [0.25, 0.3) is 0 Å². The molecule has 1 amide bonds. The lowest BCUT2D eigenvalue weighted by Gasteiger charge is -2.36. The smallest absolute Gasteiger partial charge is 0.415 e. The van der Waals surface area contributed by atoms with Crippen LogP contribution in [0.15, 0.2) is 36.0 Å². The summed E-state index contributed by atoms with van der Waals surface area (Å²) < 4.78 is 5.20. The zero-order valence-corrected chi connectivity index (χ0v) is 11.7. The van der Waals surface area contributed by atoms with Gasteiger partial charge < -0.3 is 9.84 Å². The van der Waals surface area contributed by atoms with Crippen LogP contribution in [-0.2, 0) is 9.53 Å². The average molecular weight is 275 g/mol. The molecule has 5 nitrogen and oxygen atoms in total.